The Morgan fingerprint density at radius 1 is 0.745 bits per heavy atom. The number of aromatic nitrogens is 4. The SMILES string of the molecule is CCCCCCCCCCCCCCCCCCOCCCOP(=O)(COCCn1cnc2c(OC3CC3)nc(N)nc21)OCc1ccccc1. The molecule has 0 aliphatic heterocycles. The zero-order valence-corrected chi connectivity index (χ0v) is 32.1. The van der Waals surface area contributed by atoms with Crippen LogP contribution in [0.1, 0.15) is 134 Å². The summed E-state index contributed by atoms with van der Waals surface area (Å²) in [5.74, 6) is 0.530. The van der Waals surface area contributed by atoms with Crippen molar-refractivity contribution in [2.75, 3.05) is 38.5 Å². The molecular formula is C39H64N5O6P. The van der Waals surface area contributed by atoms with Gasteiger partial charge >= 0.3 is 7.60 Å². The summed E-state index contributed by atoms with van der Waals surface area (Å²) in [5, 5.41) is 0. The van der Waals surface area contributed by atoms with Crippen LogP contribution in [0.3, 0.4) is 0 Å². The lowest BCUT2D eigenvalue weighted by molar-refractivity contribution is 0.0979. The third-order valence-corrected chi connectivity index (χ3v) is 10.7. The second kappa shape index (κ2) is 24.6. The van der Waals surface area contributed by atoms with E-state index >= 15 is 0 Å². The number of ether oxygens (including phenoxy) is 3. The number of anilines is 1. The maximum absolute atomic E-state index is 13.7. The van der Waals surface area contributed by atoms with Crippen molar-refractivity contribution < 1.29 is 27.8 Å². The van der Waals surface area contributed by atoms with E-state index in [4.69, 9.17) is 29.0 Å². The fourth-order valence-corrected chi connectivity index (χ4v) is 7.27. The van der Waals surface area contributed by atoms with Gasteiger partial charge in [0.05, 0.1) is 26.1 Å². The van der Waals surface area contributed by atoms with Crippen LogP contribution in [0, 0.1) is 0 Å². The van der Waals surface area contributed by atoms with E-state index in [-0.39, 0.29) is 38.2 Å². The molecule has 1 unspecified atom stereocenters. The molecule has 2 heterocycles. The highest BCUT2D eigenvalue weighted by Crippen LogP contribution is 2.49. The molecule has 3 aromatic rings. The summed E-state index contributed by atoms with van der Waals surface area (Å²) in [6.07, 6.45) is 26.0. The Bertz CT molecular complexity index is 1390. The van der Waals surface area contributed by atoms with Crippen LogP contribution >= 0.6 is 7.60 Å². The third kappa shape index (κ3) is 17.2. The summed E-state index contributed by atoms with van der Waals surface area (Å²) in [5.41, 5.74) is 7.98. The second-order valence-corrected chi connectivity index (χ2v) is 15.8. The van der Waals surface area contributed by atoms with Crippen LogP contribution in [-0.4, -0.2) is 58.4 Å². The number of nitrogen functional groups attached to an aromatic ring is 1. The minimum absolute atomic E-state index is 0.127. The molecule has 1 aliphatic rings. The minimum Gasteiger partial charge on any atom is -0.473 e. The topological polar surface area (TPSA) is 133 Å². The summed E-state index contributed by atoms with van der Waals surface area (Å²) in [6.45, 7) is 4.69. The predicted molar refractivity (Wildman–Crippen MR) is 204 cm³/mol. The summed E-state index contributed by atoms with van der Waals surface area (Å²) in [4.78, 5) is 13.0. The largest absolute Gasteiger partial charge is 0.473 e. The second-order valence-electron chi connectivity index (χ2n) is 13.8. The molecule has 0 spiro atoms. The zero-order valence-electron chi connectivity index (χ0n) is 31.2. The third-order valence-electron chi connectivity index (χ3n) is 9.11. The van der Waals surface area contributed by atoms with E-state index < -0.39 is 7.60 Å². The highest BCUT2D eigenvalue weighted by Gasteiger charge is 2.27. The molecule has 1 fully saturated rings. The molecule has 51 heavy (non-hydrogen) atoms. The van der Waals surface area contributed by atoms with Crippen LogP contribution in [0.15, 0.2) is 36.7 Å². The van der Waals surface area contributed by atoms with Crippen molar-refractivity contribution in [3.63, 3.8) is 0 Å². The average molecular weight is 730 g/mol. The molecule has 1 saturated carbocycles. The van der Waals surface area contributed by atoms with E-state index in [2.05, 4.69) is 21.9 Å². The molecule has 0 bridgehead atoms. The first kappa shape index (κ1) is 41.2. The highest BCUT2D eigenvalue weighted by molar-refractivity contribution is 7.53. The van der Waals surface area contributed by atoms with Gasteiger partial charge in [-0.1, -0.05) is 134 Å². The number of fused-ring (bicyclic) bond motifs is 1. The molecule has 0 radical (unpaired) electrons. The number of unbranched alkanes of at least 4 members (excludes halogenated alkanes) is 15. The predicted octanol–water partition coefficient (Wildman–Crippen LogP) is 10.0. The van der Waals surface area contributed by atoms with Gasteiger partial charge in [-0.05, 0) is 31.2 Å². The van der Waals surface area contributed by atoms with Gasteiger partial charge in [0.2, 0.25) is 11.8 Å². The van der Waals surface area contributed by atoms with E-state index in [1.54, 1.807) is 6.33 Å². The molecule has 1 aliphatic carbocycles. The summed E-state index contributed by atoms with van der Waals surface area (Å²) < 4.78 is 44.7. The van der Waals surface area contributed by atoms with Crippen molar-refractivity contribution in [3.8, 4) is 5.88 Å². The summed E-state index contributed by atoms with van der Waals surface area (Å²) in [6, 6.07) is 9.63. The van der Waals surface area contributed by atoms with Gasteiger partial charge in [0.1, 0.15) is 12.5 Å². The highest BCUT2D eigenvalue weighted by atomic mass is 31.2. The van der Waals surface area contributed by atoms with Gasteiger partial charge in [-0.15, -0.1) is 0 Å². The van der Waals surface area contributed by atoms with Gasteiger partial charge in [-0.2, -0.15) is 9.97 Å². The lowest BCUT2D eigenvalue weighted by Gasteiger charge is -2.19. The number of benzene rings is 1. The number of hydrogen-bond acceptors (Lipinski definition) is 10. The van der Waals surface area contributed by atoms with Gasteiger partial charge in [0.25, 0.3) is 0 Å². The maximum atomic E-state index is 13.7. The molecule has 2 N–H and O–H groups in total. The Labute approximate surface area is 306 Å². The molecule has 0 saturated heterocycles. The van der Waals surface area contributed by atoms with Gasteiger partial charge < -0.3 is 33.6 Å². The molecule has 286 valence electrons. The minimum atomic E-state index is -3.53. The Kier molecular flexibility index (Phi) is 19.9. The average Bonchev–Trinajstić information content (AvgIpc) is 3.87. The van der Waals surface area contributed by atoms with Crippen LogP contribution in [0.4, 0.5) is 5.95 Å². The molecule has 2 aromatic heterocycles. The van der Waals surface area contributed by atoms with Gasteiger partial charge in [-0.25, -0.2) is 4.98 Å². The van der Waals surface area contributed by atoms with Crippen molar-refractivity contribution in [1.82, 2.24) is 19.5 Å². The number of hydrogen-bond donors (Lipinski definition) is 1. The molecule has 11 nitrogen and oxygen atoms in total. The van der Waals surface area contributed by atoms with E-state index in [9.17, 15) is 4.57 Å². The van der Waals surface area contributed by atoms with Crippen molar-refractivity contribution in [2.24, 2.45) is 0 Å². The first-order chi connectivity index (χ1) is 25.1. The van der Waals surface area contributed by atoms with Crippen molar-refractivity contribution in [3.05, 3.63) is 42.2 Å². The van der Waals surface area contributed by atoms with Crippen molar-refractivity contribution in [2.45, 2.75) is 148 Å². The quantitative estimate of drug-likeness (QED) is 0.0489. The normalized spacial score (nSPS) is 14.3. The first-order valence-corrected chi connectivity index (χ1v) is 21.5. The lowest BCUT2D eigenvalue weighted by atomic mass is 10.0. The molecule has 1 aromatic carbocycles. The fraction of sp³-hybridized carbons (Fsp3) is 0.718. The van der Waals surface area contributed by atoms with Crippen molar-refractivity contribution >= 4 is 24.7 Å². The molecule has 0 amide bonds. The van der Waals surface area contributed by atoms with E-state index in [1.165, 1.54) is 96.3 Å². The molecule has 12 heteroatoms. The Hall–Kier alpha value is -2.56. The van der Waals surface area contributed by atoms with Crippen LogP contribution in [0.5, 0.6) is 5.88 Å². The van der Waals surface area contributed by atoms with Crippen LogP contribution in [0.25, 0.3) is 11.2 Å². The summed E-state index contributed by atoms with van der Waals surface area (Å²) in [7, 11) is -3.53. The lowest BCUT2D eigenvalue weighted by Crippen LogP contribution is -2.11. The van der Waals surface area contributed by atoms with E-state index in [0.29, 0.717) is 36.6 Å². The fourth-order valence-electron chi connectivity index (χ4n) is 5.94. The van der Waals surface area contributed by atoms with Crippen LogP contribution in [0.2, 0.25) is 0 Å². The Morgan fingerprint density at radius 3 is 2.02 bits per heavy atom. The molecule has 4 rings (SSSR count). The van der Waals surface area contributed by atoms with E-state index in [1.807, 2.05) is 34.9 Å². The van der Waals surface area contributed by atoms with Crippen LogP contribution in [-0.2, 0) is 36.2 Å². The Balaban J connectivity index is 1.04. The van der Waals surface area contributed by atoms with Gasteiger partial charge in [-0.3, -0.25) is 4.57 Å². The number of nitrogens with two attached hydrogens (primary N) is 1. The molecular weight excluding hydrogens is 665 g/mol. The standard InChI is InChI=1S/C39H64N5O6P/c1-2-3-4-5-6-7-8-9-10-11-12-13-14-15-16-20-27-46-28-21-29-48-51(45,49-31-34-22-18-17-19-23-34)33-47-30-26-44-32-41-36-37(44)42-39(40)43-38(36)50-35-24-25-35/h17-19,22-23,32,35H,2-16,20-21,24-31,33H2,1H3,(H2,40,42,43). The maximum Gasteiger partial charge on any atom is 0.356 e. The van der Waals surface area contributed by atoms with E-state index in [0.717, 1.165) is 31.4 Å². The van der Waals surface area contributed by atoms with Crippen LogP contribution < -0.4 is 10.5 Å². The smallest absolute Gasteiger partial charge is 0.356 e. The molecule has 1 atom stereocenters. The Morgan fingerprint density at radius 2 is 1.37 bits per heavy atom. The van der Waals surface area contributed by atoms with Gasteiger partial charge in [0, 0.05) is 19.8 Å². The first-order valence-electron chi connectivity index (χ1n) is 19.8. The number of imidazole rings is 1. The summed E-state index contributed by atoms with van der Waals surface area (Å²) >= 11 is 0. The monoisotopic (exact) mass is 729 g/mol. The zero-order chi connectivity index (χ0) is 35.8. The number of nitrogens with zero attached hydrogens (tertiary/aromatic N) is 4. The van der Waals surface area contributed by atoms with Gasteiger partial charge in [0.15, 0.2) is 11.2 Å². The van der Waals surface area contributed by atoms with Crippen molar-refractivity contribution in [1.29, 1.82) is 0 Å². The number of rotatable bonds is 32.